The van der Waals surface area contributed by atoms with Crippen molar-refractivity contribution in [2.75, 3.05) is 25.7 Å². The first-order valence-electron chi connectivity index (χ1n) is 9.83. The lowest BCUT2D eigenvalue weighted by Gasteiger charge is -2.27. The van der Waals surface area contributed by atoms with Gasteiger partial charge in [-0.05, 0) is 43.9 Å². The van der Waals surface area contributed by atoms with E-state index in [1.165, 1.54) is 7.11 Å². The molecule has 0 radical (unpaired) electrons. The van der Waals surface area contributed by atoms with Crippen LogP contribution in [-0.4, -0.2) is 54.7 Å². The van der Waals surface area contributed by atoms with Crippen molar-refractivity contribution in [3.05, 3.63) is 23.9 Å². The first-order chi connectivity index (χ1) is 13.8. The molecule has 3 rings (SSSR count). The van der Waals surface area contributed by atoms with Crippen molar-refractivity contribution < 1.29 is 19.1 Å². The summed E-state index contributed by atoms with van der Waals surface area (Å²) in [6.07, 6.45) is 1.53. The number of ether oxygens (including phenoxy) is 2. The molecule has 1 saturated heterocycles. The molecule has 2 atom stereocenters. The molecule has 0 saturated carbocycles. The number of anilines is 1. The van der Waals surface area contributed by atoms with Gasteiger partial charge >= 0.3 is 5.97 Å². The van der Waals surface area contributed by atoms with Gasteiger partial charge in [0.2, 0.25) is 11.9 Å². The third kappa shape index (κ3) is 4.26. The van der Waals surface area contributed by atoms with Gasteiger partial charge in [0.25, 0.3) is 0 Å². The number of fused-ring (bicyclic) bond motifs is 1. The van der Waals surface area contributed by atoms with Crippen molar-refractivity contribution in [1.29, 1.82) is 0 Å². The van der Waals surface area contributed by atoms with Crippen LogP contribution in [0, 0.1) is 12.8 Å². The van der Waals surface area contributed by atoms with Gasteiger partial charge in [-0.3, -0.25) is 4.79 Å². The van der Waals surface area contributed by atoms with Crippen LogP contribution in [0.3, 0.4) is 0 Å². The van der Waals surface area contributed by atoms with E-state index < -0.39 is 18.1 Å². The highest BCUT2D eigenvalue weighted by atomic mass is 16.5. The van der Waals surface area contributed by atoms with Gasteiger partial charge in [-0.2, -0.15) is 0 Å². The topological polar surface area (TPSA) is 93.7 Å². The Hall–Kier alpha value is -2.90. The van der Waals surface area contributed by atoms with Gasteiger partial charge in [-0.1, -0.05) is 13.8 Å². The Morgan fingerprint density at radius 1 is 1.24 bits per heavy atom. The molecule has 2 heterocycles. The molecule has 0 bridgehead atoms. The first kappa shape index (κ1) is 20.8. The monoisotopic (exact) mass is 400 g/mol. The molecule has 0 spiro atoms. The molecule has 0 aliphatic carbocycles. The second-order valence-corrected chi connectivity index (χ2v) is 7.60. The van der Waals surface area contributed by atoms with E-state index in [1.54, 1.807) is 7.11 Å². The Labute approximate surface area is 170 Å². The Bertz CT molecular complexity index is 915. The zero-order chi connectivity index (χ0) is 21.1. The predicted octanol–water partition coefficient (Wildman–Crippen LogP) is 2.23. The number of nitrogens with zero attached hydrogens (tertiary/aromatic N) is 3. The number of rotatable bonds is 6. The average molecular weight is 400 g/mol. The fourth-order valence-corrected chi connectivity index (χ4v) is 3.65. The van der Waals surface area contributed by atoms with E-state index in [0.29, 0.717) is 18.9 Å². The number of carbonyl (C=O) groups is 2. The molecule has 0 unspecified atom stereocenters. The first-order valence-corrected chi connectivity index (χ1v) is 9.83. The van der Waals surface area contributed by atoms with Gasteiger partial charge < -0.3 is 19.7 Å². The minimum Gasteiger partial charge on any atom is -0.497 e. The van der Waals surface area contributed by atoms with Crippen molar-refractivity contribution in [1.82, 2.24) is 15.3 Å². The van der Waals surface area contributed by atoms with E-state index in [2.05, 4.69) is 15.3 Å². The molecule has 8 nitrogen and oxygen atoms in total. The predicted molar refractivity (Wildman–Crippen MR) is 110 cm³/mol. The average Bonchev–Trinajstić information content (AvgIpc) is 3.20. The van der Waals surface area contributed by atoms with Crippen LogP contribution >= 0.6 is 0 Å². The molecule has 29 heavy (non-hydrogen) atoms. The Morgan fingerprint density at radius 2 is 2.00 bits per heavy atom. The number of carbonyl (C=O) groups excluding carboxylic acids is 2. The van der Waals surface area contributed by atoms with Crippen LogP contribution in [0.2, 0.25) is 0 Å². The van der Waals surface area contributed by atoms with Crippen LogP contribution in [-0.2, 0) is 14.3 Å². The Kier molecular flexibility index (Phi) is 6.20. The Balaban J connectivity index is 1.86. The summed E-state index contributed by atoms with van der Waals surface area (Å²) in [4.78, 5) is 36.2. The Morgan fingerprint density at radius 3 is 2.66 bits per heavy atom. The number of hydrogen-bond donors (Lipinski definition) is 1. The maximum absolute atomic E-state index is 13.0. The van der Waals surface area contributed by atoms with Gasteiger partial charge in [0.1, 0.15) is 17.8 Å². The van der Waals surface area contributed by atoms with E-state index in [1.807, 2.05) is 43.9 Å². The fourth-order valence-electron chi connectivity index (χ4n) is 3.65. The van der Waals surface area contributed by atoms with Gasteiger partial charge in [0, 0.05) is 11.9 Å². The molecule has 1 N–H and O–H groups in total. The van der Waals surface area contributed by atoms with Crippen molar-refractivity contribution in [3.63, 3.8) is 0 Å². The summed E-state index contributed by atoms with van der Waals surface area (Å²) in [6, 6.07) is 4.56. The van der Waals surface area contributed by atoms with Crippen molar-refractivity contribution >= 4 is 28.7 Å². The standard InChI is InChI=1S/C21H28N4O4/c1-12(2)18(20(27)29-5)24-19(26)17-7-6-10-25(17)21-22-13(3)15-11-14(28-4)8-9-16(15)23-21/h8-9,11-12,17-18H,6-7,10H2,1-5H3,(H,24,26)/t17-,18-/m0/s1. The number of aromatic nitrogens is 2. The summed E-state index contributed by atoms with van der Waals surface area (Å²) in [5.41, 5.74) is 1.62. The zero-order valence-electron chi connectivity index (χ0n) is 17.6. The molecular formula is C21H28N4O4. The largest absolute Gasteiger partial charge is 0.497 e. The summed E-state index contributed by atoms with van der Waals surface area (Å²) in [5.74, 6) is 0.553. The molecule has 2 aromatic rings. The van der Waals surface area contributed by atoms with E-state index in [0.717, 1.165) is 28.8 Å². The number of aryl methyl sites for hydroxylation is 1. The number of benzene rings is 1. The summed E-state index contributed by atoms with van der Waals surface area (Å²) in [6.45, 7) is 6.35. The van der Waals surface area contributed by atoms with Crippen LogP contribution in [0.1, 0.15) is 32.4 Å². The number of methoxy groups -OCH3 is 2. The summed E-state index contributed by atoms with van der Waals surface area (Å²) < 4.78 is 10.1. The van der Waals surface area contributed by atoms with Gasteiger partial charge in [-0.25, -0.2) is 14.8 Å². The molecule has 8 heteroatoms. The maximum Gasteiger partial charge on any atom is 0.328 e. The van der Waals surface area contributed by atoms with E-state index in [4.69, 9.17) is 9.47 Å². The van der Waals surface area contributed by atoms with Crippen LogP contribution < -0.4 is 15.0 Å². The van der Waals surface area contributed by atoms with Gasteiger partial charge in [0.05, 0.1) is 25.4 Å². The van der Waals surface area contributed by atoms with Crippen molar-refractivity contribution in [2.45, 2.75) is 45.7 Å². The van der Waals surface area contributed by atoms with Crippen LogP contribution in [0.4, 0.5) is 5.95 Å². The fraction of sp³-hybridized carbons (Fsp3) is 0.524. The highest BCUT2D eigenvalue weighted by Gasteiger charge is 2.35. The number of nitrogens with one attached hydrogen (secondary N) is 1. The molecule has 1 amide bonds. The summed E-state index contributed by atoms with van der Waals surface area (Å²) in [5, 5.41) is 3.76. The van der Waals surface area contributed by atoms with Gasteiger partial charge in [0.15, 0.2) is 0 Å². The molecule has 1 aliphatic rings. The highest BCUT2D eigenvalue weighted by molar-refractivity contribution is 5.90. The molecule has 1 aromatic carbocycles. The quantitative estimate of drug-likeness (QED) is 0.743. The van der Waals surface area contributed by atoms with E-state index in [9.17, 15) is 9.59 Å². The minimum atomic E-state index is -0.679. The lowest BCUT2D eigenvalue weighted by molar-refractivity contribution is -0.146. The lowest BCUT2D eigenvalue weighted by Crippen LogP contribution is -2.52. The normalized spacial score (nSPS) is 17.4. The number of amides is 1. The third-order valence-corrected chi connectivity index (χ3v) is 5.31. The smallest absolute Gasteiger partial charge is 0.328 e. The maximum atomic E-state index is 13.0. The minimum absolute atomic E-state index is 0.0737. The van der Waals surface area contributed by atoms with Gasteiger partial charge in [-0.15, -0.1) is 0 Å². The SMILES string of the molecule is COC(=O)[C@@H](NC(=O)[C@@H]1CCCN1c1nc(C)c2cc(OC)ccc2n1)C(C)C. The van der Waals surface area contributed by atoms with Crippen LogP contribution in [0.25, 0.3) is 10.9 Å². The van der Waals surface area contributed by atoms with Crippen LogP contribution in [0.15, 0.2) is 18.2 Å². The summed E-state index contributed by atoms with van der Waals surface area (Å²) >= 11 is 0. The van der Waals surface area contributed by atoms with Crippen LogP contribution in [0.5, 0.6) is 5.75 Å². The lowest BCUT2D eigenvalue weighted by atomic mass is 10.0. The third-order valence-electron chi connectivity index (χ3n) is 5.31. The molecule has 1 aliphatic heterocycles. The summed E-state index contributed by atoms with van der Waals surface area (Å²) in [7, 11) is 2.95. The van der Waals surface area contributed by atoms with E-state index >= 15 is 0 Å². The second-order valence-electron chi connectivity index (χ2n) is 7.60. The second kappa shape index (κ2) is 8.63. The number of hydrogen-bond acceptors (Lipinski definition) is 7. The molecular weight excluding hydrogens is 372 g/mol. The molecule has 1 aromatic heterocycles. The number of esters is 1. The van der Waals surface area contributed by atoms with Crippen molar-refractivity contribution in [2.24, 2.45) is 5.92 Å². The molecule has 156 valence electrons. The molecule has 1 fully saturated rings. The van der Waals surface area contributed by atoms with Crippen molar-refractivity contribution in [3.8, 4) is 5.75 Å². The van der Waals surface area contributed by atoms with E-state index in [-0.39, 0.29) is 11.8 Å². The zero-order valence-corrected chi connectivity index (χ0v) is 17.6. The highest BCUT2D eigenvalue weighted by Crippen LogP contribution is 2.28.